The molecule has 0 atom stereocenters. The maximum Gasteiger partial charge on any atom is 0.276 e. The van der Waals surface area contributed by atoms with Crippen LogP contribution in [-0.2, 0) is 0 Å². The SMILES string of the molecule is Cc1c([N+](=O)[O-])ccc2c1OC(C)(C)O2. The van der Waals surface area contributed by atoms with Crippen LogP contribution in [0.5, 0.6) is 11.5 Å². The Morgan fingerprint density at radius 1 is 1.33 bits per heavy atom. The zero-order valence-corrected chi connectivity index (χ0v) is 8.73. The van der Waals surface area contributed by atoms with Crippen LogP contribution in [-0.4, -0.2) is 10.7 Å². The Kier molecular flexibility index (Phi) is 1.86. The first-order valence-electron chi connectivity index (χ1n) is 4.57. The van der Waals surface area contributed by atoms with Crippen molar-refractivity contribution in [2.45, 2.75) is 26.6 Å². The van der Waals surface area contributed by atoms with Crippen molar-refractivity contribution in [2.75, 3.05) is 0 Å². The van der Waals surface area contributed by atoms with E-state index in [1.165, 1.54) is 6.07 Å². The lowest BCUT2D eigenvalue weighted by Crippen LogP contribution is -2.29. The zero-order chi connectivity index (χ0) is 11.2. The molecule has 1 aliphatic heterocycles. The molecule has 1 aromatic carbocycles. The van der Waals surface area contributed by atoms with Gasteiger partial charge in [-0.3, -0.25) is 10.1 Å². The monoisotopic (exact) mass is 209 g/mol. The summed E-state index contributed by atoms with van der Waals surface area (Å²) >= 11 is 0. The van der Waals surface area contributed by atoms with Gasteiger partial charge in [-0.2, -0.15) is 0 Å². The predicted molar refractivity (Wildman–Crippen MR) is 53.2 cm³/mol. The van der Waals surface area contributed by atoms with Crippen molar-refractivity contribution in [3.63, 3.8) is 0 Å². The molecule has 0 unspecified atom stereocenters. The molecule has 0 aliphatic carbocycles. The molecule has 1 heterocycles. The van der Waals surface area contributed by atoms with Gasteiger partial charge in [0.05, 0.1) is 10.5 Å². The molecule has 0 saturated heterocycles. The number of benzene rings is 1. The van der Waals surface area contributed by atoms with Crippen LogP contribution in [0.25, 0.3) is 0 Å². The molecule has 0 radical (unpaired) electrons. The van der Waals surface area contributed by atoms with E-state index in [2.05, 4.69) is 0 Å². The summed E-state index contributed by atoms with van der Waals surface area (Å²) in [5.41, 5.74) is 0.554. The van der Waals surface area contributed by atoms with Gasteiger partial charge in [-0.05, 0) is 13.0 Å². The second-order valence-corrected chi connectivity index (χ2v) is 3.90. The van der Waals surface area contributed by atoms with E-state index in [0.717, 1.165) is 0 Å². The number of rotatable bonds is 1. The van der Waals surface area contributed by atoms with E-state index >= 15 is 0 Å². The van der Waals surface area contributed by atoms with Crippen LogP contribution in [0.4, 0.5) is 5.69 Å². The lowest BCUT2D eigenvalue weighted by molar-refractivity contribution is -0.385. The van der Waals surface area contributed by atoms with Crippen molar-refractivity contribution >= 4 is 5.69 Å². The summed E-state index contributed by atoms with van der Waals surface area (Å²) in [5, 5.41) is 10.7. The van der Waals surface area contributed by atoms with Crippen LogP contribution in [0.15, 0.2) is 12.1 Å². The molecule has 0 fully saturated rings. The van der Waals surface area contributed by atoms with Gasteiger partial charge in [0.1, 0.15) is 0 Å². The van der Waals surface area contributed by atoms with Gasteiger partial charge in [0, 0.05) is 19.9 Å². The minimum absolute atomic E-state index is 0.0510. The summed E-state index contributed by atoms with van der Waals surface area (Å²) in [5.74, 6) is 0.278. The number of fused-ring (bicyclic) bond motifs is 1. The first kappa shape index (κ1) is 9.76. The number of ether oxygens (including phenoxy) is 2. The van der Waals surface area contributed by atoms with Gasteiger partial charge in [0.2, 0.25) is 5.79 Å². The van der Waals surface area contributed by atoms with Crippen molar-refractivity contribution in [1.82, 2.24) is 0 Å². The fourth-order valence-corrected chi connectivity index (χ4v) is 1.59. The molecule has 0 aromatic heterocycles. The van der Waals surface area contributed by atoms with Gasteiger partial charge < -0.3 is 9.47 Å². The van der Waals surface area contributed by atoms with Crippen molar-refractivity contribution in [2.24, 2.45) is 0 Å². The van der Waals surface area contributed by atoms with Gasteiger partial charge in [0.15, 0.2) is 11.5 Å². The van der Waals surface area contributed by atoms with Crippen molar-refractivity contribution < 1.29 is 14.4 Å². The van der Waals surface area contributed by atoms with Crippen molar-refractivity contribution in [3.8, 4) is 11.5 Å². The van der Waals surface area contributed by atoms with Crippen LogP contribution < -0.4 is 9.47 Å². The van der Waals surface area contributed by atoms with E-state index in [-0.39, 0.29) is 5.69 Å². The maximum atomic E-state index is 10.7. The Balaban J connectivity index is 2.53. The van der Waals surface area contributed by atoms with Crippen LogP contribution in [0, 0.1) is 17.0 Å². The molecule has 0 spiro atoms. The molecule has 0 amide bonds. The van der Waals surface area contributed by atoms with Crippen LogP contribution in [0.3, 0.4) is 0 Å². The highest BCUT2D eigenvalue weighted by Gasteiger charge is 2.35. The van der Waals surface area contributed by atoms with E-state index in [0.29, 0.717) is 17.1 Å². The normalized spacial score (nSPS) is 16.5. The van der Waals surface area contributed by atoms with Crippen LogP contribution in [0.1, 0.15) is 19.4 Å². The highest BCUT2D eigenvalue weighted by atomic mass is 16.7. The zero-order valence-electron chi connectivity index (χ0n) is 8.73. The number of hydrogen-bond donors (Lipinski definition) is 0. The van der Waals surface area contributed by atoms with Crippen LogP contribution in [0.2, 0.25) is 0 Å². The Morgan fingerprint density at radius 3 is 2.60 bits per heavy atom. The van der Waals surface area contributed by atoms with E-state index in [1.807, 2.05) is 0 Å². The van der Waals surface area contributed by atoms with Gasteiger partial charge in [0.25, 0.3) is 5.69 Å². The molecule has 2 rings (SSSR count). The average Bonchev–Trinajstić information content (AvgIpc) is 2.40. The summed E-state index contributed by atoms with van der Waals surface area (Å²) in [6.45, 7) is 5.18. The van der Waals surface area contributed by atoms with Crippen molar-refractivity contribution in [3.05, 3.63) is 27.8 Å². The van der Waals surface area contributed by atoms with Crippen molar-refractivity contribution in [1.29, 1.82) is 0 Å². The lowest BCUT2D eigenvalue weighted by atomic mass is 10.1. The Bertz CT molecular complexity index is 439. The molecular formula is C10H11NO4. The second-order valence-electron chi connectivity index (χ2n) is 3.90. The predicted octanol–water partition coefficient (Wildman–Crippen LogP) is 2.41. The minimum Gasteiger partial charge on any atom is -0.449 e. The minimum atomic E-state index is -0.748. The Labute approximate surface area is 86.8 Å². The first-order valence-corrected chi connectivity index (χ1v) is 4.57. The van der Waals surface area contributed by atoms with Crippen LogP contribution >= 0.6 is 0 Å². The third kappa shape index (κ3) is 1.49. The highest BCUT2D eigenvalue weighted by Crippen LogP contribution is 2.44. The quantitative estimate of drug-likeness (QED) is 0.526. The maximum absolute atomic E-state index is 10.7. The molecule has 1 aliphatic rings. The smallest absolute Gasteiger partial charge is 0.276 e. The molecule has 5 nitrogen and oxygen atoms in total. The second kappa shape index (κ2) is 2.85. The number of nitro groups is 1. The van der Waals surface area contributed by atoms with E-state index < -0.39 is 10.7 Å². The first-order chi connectivity index (χ1) is 6.91. The fourth-order valence-electron chi connectivity index (χ4n) is 1.59. The molecule has 0 bridgehead atoms. The van der Waals surface area contributed by atoms with Gasteiger partial charge >= 0.3 is 0 Å². The molecule has 1 aromatic rings. The topological polar surface area (TPSA) is 61.6 Å². The summed E-state index contributed by atoms with van der Waals surface area (Å²) in [7, 11) is 0. The van der Waals surface area contributed by atoms with E-state index in [1.54, 1.807) is 26.8 Å². The standard InChI is InChI=1S/C10H11NO4/c1-6-7(11(12)13)4-5-8-9(6)15-10(2,3)14-8/h4-5H,1-3H3. The van der Waals surface area contributed by atoms with E-state index in [4.69, 9.17) is 9.47 Å². The van der Waals surface area contributed by atoms with E-state index in [9.17, 15) is 10.1 Å². The third-order valence-corrected chi connectivity index (χ3v) is 2.24. The lowest BCUT2D eigenvalue weighted by Gasteiger charge is -2.16. The fraction of sp³-hybridized carbons (Fsp3) is 0.400. The number of hydrogen-bond acceptors (Lipinski definition) is 4. The molecule has 0 saturated carbocycles. The van der Waals surface area contributed by atoms with Gasteiger partial charge in [-0.25, -0.2) is 0 Å². The van der Waals surface area contributed by atoms with Gasteiger partial charge in [-0.15, -0.1) is 0 Å². The highest BCUT2D eigenvalue weighted by molar-refractivity contribution is 5.57. The third-order valence-electron chi connectivity index (χ3n) is 2.24. The summed E-state index contributed by atoms with van der Waals surface area (Å²) in [6.07, 6.45) is 0. The summed E-state index contributed by atoms with van der Waals surface area (Å²) in [4.78, 5) is 10.3. The number of nitrogens with zero attached hydrogens (tertiary/aromatic N) is 1. The average molecular weight is 209 g/mol. The Hall–Kier alpha value is -1.78. The molecule has 5 heteroatoms. The van der Waals surface area contributed by atoms with Gasteiger partial charge in [-0.1, -0.05) is 0 Å². The summed E-state index contributed by atoms with van der Waals surface area (Å²) in [6, 6.07) is 2.99. The summed E-state index contributed by atoms with van der Waals surface area (Å²) < 4.78 is 11.0. The number of nitro benzene ring substituents is 1. The molecule has 15 heavy (non-hydrogen) atoms. The Morgan fingerprint density at radius 2 is 2.00 bits per heavy atom. The molecule has 0 N–H and O–H groups in total. The molecular weight excluding hydrogens is 198 g/mol. The largest absolute Gasteiger partial charge is 0.449 e. The molecule has 80 valence electrons.